The highest BCUT2D eigenvalue weighted by atomic mass is 32.2. The molecule has 0 bridgehead atoms. The summed E-state index contributed by atoms with van der Waals surface area (Å²) >= 11 is 0. The van der Waals surface area contributed by atoms with Crippen LogP contribution in [0.1, 0.15) is 6.92 Å². The summed E-state index contributed by atoms with van der Waals surface area (Å²) in [6, 6.07) is 9.64. The molecule has 2 rings (SSSR count). The van der Waals surface area contributed by atoms with Gasteiger partial charge in [0.15, 0.2) is 0 Å². The number of anilines is 1. The van der Waals surface area contributed by atoms with Crippen LogP contribution in [0.15, 0.2) is 47.5 Å². The van der Waals surface area contributed by atoms with Crippen molar-refractivity contribution in [3.63, 3.8) is 0 Å². The van der Waals surface area contributed by atoms with Crippen molar-refractivity contribution in [2.75, 3.05) is 5.32 Å². The number of benzene rings is 1. The lowest BCUT2D eigenvalue weighted by molar-refractivity contribution is -0.114. The Hall–Kier alpha value is -2.25. The minimum atomic E-state index is -3.93. The SMILES string of the molecule is CC(=O)Nc1ccc(-c2ccccn2)c(S(N)(=O)=O)c1. The van der Waals surface area contributed by atoms with Crippen molar-refractivity contribution < 1.29 is 13.2 Å². The first-order chi connectivity index (χ1) is 9.38. The number of carbonyl (C=O) groups is 1. The molecule has 1 amide bonds. The van der Waals surface area contributed by atoms with Gasteiger partial charge in [0.2, 0.25) is 15.9 Å². The third kappa shape index (κ3) is 3.19. The highest BCUT2D eigenvalue weighted by Gasteiger charge is 2.17. The first kappa shape index (κ1) is 14.2. The summed E-state index contributed by atoms with van der Waals surface area (Å²) in [5.41, 5.74) is 1.24. The maximum Gasteiger partial charge on any atom is 0.238 e. The Bertz CT molecular complexity index is 743. The van der Waals surface area contributed by atoms with Crippen LogP contribution in [0.3, 0.4) is 0 Å². The minimum Gasteiger partial charge on any atom is -0.326 e. The van der Waals surface area contributed by atoms with Gasteiger partial charge in [0, 0.05) is 24.4 Å². The van der Waals surface area contributed by atoms with Crippen molar-refractivity contribution in [2.24, 2.45) is 5.14 Å². The number of aromatic nitrogens is 1. The van der Waals surface area contributed by atoms with E-state index in [9.17, 15) is 13.2 Å². The maximum atomic E-state index is 11.7. The van der Waals surface area contributed by atoms with E-state index < -0.39 is 10.0 Å². The van der Waals surface area contributed by atoms with Crippen LogP contribution in [0.5, 0.6) is 0 Å². The Balaban J connectivity index is 2.61. The zero-order valence-corrected chi connectivity index (χ0v) is 11.5. The molecule has 7 heteroatoms. The summed E-state index contributed by atoms with van der Waals surface area (Å²) in [5, 5.41) is 7.74. The van der Waals surface area contributed by atoms with Gasteiger partial charge in [-0.3, -0.25) is 9.78 Å². The molecule has 0 aliphatic rings. The van der Waals surface area contributed by atoms with E-state index in [1.165, 1.54) is 13.0 Å². The standard InChI is InChI=1S/C13H13N3O3S/c1-9(17)16-10-5-6-11(12-4-2-3-7-15-12)13(8-10)20(14,18)19/h2-8H,1H3,(H,16,17)(H2,14,18,19). The minimum absolute atomic E-state index is 0.0811. The van der Waals surface area contributed by atoms with Gasteiger partial charge >= 0.3 is 0 Å². The zero-order valence-electron chi connectivity index (χ0n) is 10.7. The van der Waals surface area contributed by atoms with E-state index in [-0.39, 0.29) is 10.8 Å². The molecule has 0 radical (unpaired) electrons. The molecular formula is C13H13N3O3S. The molecule has 0 atom stereocenters. The molecule has 104 valence electrons. The number of nitrogens with one attached hydrogen (secondary N) is 1. The average Bonchev–Trinajstić information content (AvgIpc) is 2.38. The molecule has 0 spiro atoms. The number of hydrogen-bond donors (Lipinski definition) is 2. The van der Waals surface area contributed by atoms with Gasteiger partial charge in [0.05, 0.1) is 10.6 Å². The lowest BCUT2D eigenvalue weighted by Gasteiger charge is -2.10. The van der Waals surface area contributed by atoms with Crippen LogP contribution in [0.25, 0.3) is 11.3 Å². The van der Waals surface area contributed by atoms with E-state index in [1.54, 1.807) is 36.5 Å². The van der Waals surface area contributed by atoms with Crippen LogP contribution in [-0.4, -0.2) is 19.3 Å². The van der Waals surface area contributed by atoms with E-state index in [0.717, 1.165) is 0 Å². The van der Waals surface area contributed by atoms with E-state index in [1.807, 2.05) is 0 Å². The Morgan fingerprint density at radius 3 is 2.55 bits per heavy atom. The molecule has 6 nitrogen and oxygen atoms in total. The Kier molecular flexibility index (Phi) is 3.82. The van der Waals surface area contributed by atoms with Crippen molar-refractivity contribution in [2.45, 2.75) is 11.8 Å². The van der Waals surface area contributed by atoms with Crippen LogP contribution in [0.4, 0.5) is 5.69 Å². The van der Waals surface area contributed by atoms with Gasteiger partial charge in [-0.05, 0) is 30.3 Å². The number of pyridine rings is 1. The normalized spacial score (nSPS) is 11.1. The number of amides is 1. The lowest BCUT2D eigenvalue weighted by atomic mass is 10.1. The predicted octanol–water partition coefficient (Wildman–Crippen LogP) is 1.35. The molecule has 0 unspecified atom stereocenters. The van der Waals surface area contributed by atoms with Gasteiger partial charge in [-0.1, -0.05) is 6.07 Å². The monoisotopic (exact) mass is 291 g/mol. The largest absolute Gasteiger partial charge is 0.326 e. The fraction of sp³-hybridized carbons (Fsp3) is 0.0769. The van der Waals surface area contributed by atoms with Crippen LogP contribution < -0.4 is 10.5 Å². The second-order valence-corrected chi connectivity index (χ2v) is 5.68. The van der Waals surface area contributed by atoms with Crippen LogP contribution >= 0.6 is 0 Å². The Morgan fingerprint density at radius 1 is 1.25 bits per heavy atom. The molecule has 1 heterocycles. The number of primary sulfonamides is 1. The summed E-state index contributed by atoms with van der Waals surface area (Å²) in [7, 11) is -3.93. The molecule has 1 aromatic heterocycles. The number of carbonyl (C=O) groups excluding carboxylic acids is 1. The van der Waals surface area contributed by atoms with Crippen molar-refractivity contribution in [3.8, 4) is 11.3 Å². The molecule has 0 saturated heterocycles. The van der Waals surface area contributed by atoms with Gasteiger partial charge in [0.1, 0.15) is 0 Å². The van der Waals surface area contributed by atoms with Crippen molar-refractivity contribution in [1.29, 1.82) is 0 Å². The first-order valence-corrected chi connectivity index (χ1v) is 7.28. The van der Waals surface area contributed by atoms with Crippen LogP contribution in [0.2, 0.25) is 0 Å². The number of rotatable bonds is 3. The van der Waals surface area contributed by atoms with Crippen LogP contribution in [-0.2, 0) is 14.8 Å². The average molecular weight is 291 g/mol. The van der Waals surface area contributed by atoms with Gasteiger partial charge in [-0.15, -0.1) is 0 Å². The molecule has 0 fully saturated rings. The summed E-state index contributed by atoms with van der Waals surface area (Å²) in [4.78, 5) is 15.1. The smallest absolute Gasteiger partial charge is 0.238 e. The van der Waals surface area contributed by atoms with E-state index >= 15 is 0 Å². The highest BCUT2D eigenvalue weighted by Crippen LogP contribution is 2.27. The molecule has 3 N–H and O–H groups in total. The first-order valence-electron chi connectivity index (χ1n) is 5.74. The summed E-state index contributed by atoms with van der Waals surface area (Å²) in [6.07, 6.45) is 1.56. The molecule has 1 aromatic carbocycles. The summed E-state index contributed by atoms with van der Waals surface area (Å²) < 4.78 is 23.4. The van der Waals surface area contributed by atoms with E-state index in [4.69, 9.17) is 5.14 Å². The van der Waals surface area contributed by atoms with Gasteiger partial charge < -0.3 is 5.32 Å². The molecule has 0 aliphatic heterocycles. The maximum absolute atomic E-state index is 11.7. The lowest BCUT2D eigenvalue weighted by Crippen LogP contribution is -2.15. The Morgan fingerprint density at radius 2 is 2.00 bits per heavy atom. The van der Waals surface area contributed by atoms with E-state index in [0.29, 0.717) is 16.9 Å². The van der Waals surface area contributed by atoms with Gasteiger partial charge in [-0.25, -0.2) is 13.6 Å². The fourth-order valence-corrected chi connectivity index (χ4v) is 2.54. The molecule has 0 saturated carbocycles. The molecular weight excluding hydrogens is 278 g/mol. The second kappa shape index (κ2) is 5.40. The number of hydrogen-bond acceptors (Lipinski definition) is 4. The van der Waals surface area contributed by atoms with Crippen molar-refractivity contribution >= 4 is 21.6 Å². The predicted molar refractivity (Wildman–Crippen MR) is 75.3 cm³/mol. The number of nitrogens with zero attached hydrogens (tertiary/aromatic N) is 1. The van der Waals surface area contributed by atoms with Gasteiger partial charge in [0.25, 0.3) is 0 Å². The topological polar surface area (TPSA) is 102 Å². The molecule has 20 heavy (non-hydrogen) atoms. The molecule has 2 aromatic rings. The third-order valence-electron chi connectivity index (χ3n) is 2.55. The van der Waals surface area contributed by atoms with Gasteiger partial charge in [-0.2, -0.15) is 0 Å². The zero-order chi connectivity index (χ0) is 14.8. The highest BCUT2D eigenvalue weighted by molar-refractivity contribution is 7.89. The van der Waals surface area contributed by atoms with Crippen molar-refractivity contribution in [1.82, 2.24) is 4.98 Å². The summed E-state index contributed by atoms with van der Waals surface area (Å²) in [5.74, 6) is -0.295. The van der Waals surface area contributed by atoms with Crippen LogP contribution in [0, 0.1) is 0 Å². The fourth-order valence-electron chi connectivity index (χ4n) is 1.77. The third-order valence-corrected chi connectivity index (χ3v) is 3.50. The number of nitrogens with two attached hydrogens (primary N) is 1. The molecule has 0 aliphatic carbocycles. The van der Waals surface area contributed by atoms with Crippen molar-refractivity contribution in [3.05, 3.63) is 42.6 Å². The van der Waals surface area contributed by atoms with E-state index in [2.05, 4.69) is 10.3 Å². The second-order valence-electron chi connectivity index (χ2n) is 4.15. The summed E-state index contributed by atoms with van der Waals surface area (Å²) in [6.45, 7) is 1.34. The number of sulfonamides is 1. The Labute approximate surface area is 116 Å². The quantitative estimate of drug-likeness (QED) is 0.891.